The van der Waals surface area contributed by atoms with Gasteiger partial charge in [0.25, 0.3) is 5.56 Å². The number of carboxylic acid groups (broad SMARTS) is 1. The molecule has 1 aromatic carbocycles. The van der Waals surface area contributed by atoms with Gasteiger partial charge in [0.2, 0.25) is 0 Å². The Hall–Kier alpha value is -2.17. The number of aryl methyl sites for hydroxylation is 1. The maximum Gasteiger partial charge on any atom is 0.305 e. The predicted octanol–water partition coefficient (Wildman–Crippen LogP) is 1.18. The predicted molar refractivity (Wildman–Crippen MR) is 63.0 cm³/mol. The molecule has 17 heavy (non-hydrogen) atoms. The van der Waals surface area contributed by atoms with E-state index in [0.29, 0.717) is 16.7 Å². The summed E-state index contributed by atoms with van der Waals surface area (Å²) in [6.07, 6.45) is -0.0826. The Kier molecular flexibility index (Phi) is 2.91. The van der Waals surface area contributed by atoms with Gasteiger partial charge in [-0.25, -0.2) is 4.98 Å². The summed E-state index contributed by atoms with van der Waals surface area (Å²) in [6, 6.07) is 7.05. The molecule has 0 fully saturated rings. The van der Waals surface area contributed by atoms with E-state index in [4.69, 9.17) is 5.11 Å². The van der Waals surface area contributed by atoms with E-state index < -0.39 is 5.97 Å². The van der Waals surface area contributed by atoms with E-state index in [1.54, 1.807) is 25.1 Å². The molecule has 0 aliphatic carbocycles. The first kappa shape index (κ1) is 11.3. The molecule has 0 saturated heterocycles. The van der Waals surface area contributed by atoms with Crippen LogP contribution in [0.4, 0.5) is 0 Å². The Labute approximate surface area is 97.3 Å². The summed E-state index contributed by atoms with van der Waals surface area (Å²) in [5.74, 6) is -0.389. The van der Waals surface area contributed by atoms with Gasteiger partial charge in [-0.2, -0.15) is 0 Å². The van der Waals surface area contributed by atoms with E-state index in [1.807, 2.05) is 6.07 Å². The molecule has 1 heterocycles. The number of carbonyl (C=O) groups is 1. The Balaban J connectivity index is 2.56. The van der Waals surface area contributed by atoms with Crippen LogP contribution in [-0.2, 0) is 11.3 Å². The number of aromatic nitrogens is 2. The fourth-order valence-corrected chi connectivity index (χ4v) is 1.75. The lowest BCUT2D eigenvalue weighted by atomic mass is 10.2. The van der Waals surface area contributed by atoms with Crippen molar-refractivity contribution in [1.82, 2.24) is 9.55 Å². The van der Waals surface area contributed by atoms with Crippen LogP contribution in [0.1, 0.15) is 12.2 Å². The SMILES string of the molecule is Cc1nc2ccccc2c(=O)n1CCC(=O)O. The number of hydrogen-bond donors (Lipinski definition) is 1. The van der Waals surface area contributed by atoms with Crippen LogP contribution >= 0.6 is 0 Å². The van der Waals surface area contributed by atoms with Crippen molar-refractivity contribution in [3.8, 4) is 0 Å². The Morgan fingerprint density at radius 1 is 1.41 bits per heavy atom. The lowest BCUT2D eigenvalue weighted by Gasteiger charge is -2.09. The molecular weight excluding hydrogens is 220 g/mol. The minimum absolute atomic E-state index is 0.0826. The average molecular weight is 232 g/mol. The van der Waals surface area contributed by atoms with Crippen molar-refractivity contribution < 1.29 is 9.90 Å². The third-order valence-electron chi connectivity index (χ3n) is 2.60. The molecule has 88 valence electrons. The molecule has 0 unspecified atom stereocenters. The summed E-state index contributed by atoms with van der Waals surface area (Å²) in [5.41, 5.74) is 0.455. The molecule has 1 N–H and O–H groups in total. The topological polar surface area (TPSA) is 72.2 Å². The van der Waals surface area contributed by atoms with Crippen LogP contribution in [0.2, 0.25) is 0 Å². The molecule has 0 spiro atoms. The van der Waals surface area contributed by atoms with E-state index >= 15 is 0 Å². The van der Waals surface area contributed by atoms with E-state index in [0.717, 1.165) is 0 Å². The molecule has 0 aliphatic heterocycles. The second-order valence-electron chi connectivity index (χ2n) is 3.78. The molecule has 0 radical (unpaired) electrons. The normalized spacial score (nSPS) is 10.6. The van der Waals surface area contributed by atoms with Gasteiger partial charge in [0, 0.05) is 6.54 Å². The smallest absolute Gasteiger partial charge is 0.305 e. The molecule has 2 aromatic rings. The number of fused-ring (bicyclic) bond motifs is 1. The number of hydrogen-bond acceptors (Lipinski definition) is 3. The molecular formula is C12H12N2O3. The monoisotopic (exact) mass is 232 g/mol. The van der Waals surface area contributed by atoms with Crippen molar-refractivity contribution >= 4 is 16.9 Å². The minimum Gasteiger partial charge on any atom is -0.481 e. The molecule has 0 amide bonds. The number of para-hydroxylation sites is 1. The highest BCUT2D eigenvalue weighted by Crippen LogP contribution is 2.07. The van der Waals surface area contributed by atoms with Crippen LogP contribution in [0.25, 0.3) is 10.9 Å². The van der Waals surface area contributed by atoms with Gasteiger partial charge >= 0.3 is 5.97 Å². The highest BCUT2D eigenvalue weighted by atomic mass is 16.4. The molecule has 0 atom stereocenters. The quantitative estimate of drug-likeness (QED) is 0.862. The highest BCUT2D eigenvalue weighted by molar-refractivity contribution is 5.77. The lowest BCUT2D eigenvalue weighted by Crippen LogP contribution is -2.25. The summed E-state index contributed by atoms with van der Waals surface area (Å²) < 4.78 is 1.40. The molecule has 1 aromatic heterocycles. The Bertz CT molecular complexity index is 631. The largest absolute Gasteiger partial charge is 0.481 e. The first-order valence-electron chi connectivity index (χ1n) is 5.27. The fourth-order valence-electron chi connectivity index (χ4n) is 1.75. The number of rotatable bonds is 3. The molecule has 0 bridgehead atoms. The van der Waals surface area contributed by atoms with Gasteiger partial charge in [-0.15, -0.1) is 0 Å². The van der Waals surface area contributed by atoms with Crippen molar-refractivity contribution in [2.75, 3.05) is 0 Å². The van der Waals surface area contributed by atoms with Gasteiger partial charge in [0.15, 0.2) is 0 Å². The van der Waals surface area contributed by atoms with Gasteiger partial charge in [-0.3, -0.25) is 14.2 Å². The second kappa shape index (κ2) is 4.37. The van der Waals surface area contributed by atoms with Crippen molar-refractivity contribution in [2.45, 2.75) is 19.9 Å². The van der Waals surface area contributed by atoms with Crippen LogP contribution < -0.4 is 5.56 Å². The van der Waals surface area contributed by atoms with Gasteiger partial charge < -0.3 is 5.11 Å². The summed E-state index contributed by atoms with van der Waals surface area (Å²) in [4.78, 5) is 26.9. The van der Waals surface area contributed by atoms with Crippen molar-refractivity contribution in [2.24, 2.45) is 0 Å². The van der Waals surface area contributed by atoms with Crippen molar-refractivity contribution in [1.29, 1.82) is 0 Å². The summed E-state index contributed by atoms with van der Waals surface area (Å²) in [6.45, 7) is 1.85. The Morgan fingerprint density at radius 3 is 2.82 bits per heavy atom. The second-order valence-corrected chi connectivity index (χ2v) is 3.78. The molecule has 5 nitrogen and oxygen atoms in total. The maximum absolute atomic E-state index is 12.1. The molecule has 0 aliphatic rings. The third-order valence-corrected chi connectivity index (χ3v) is 2.60. The van der Waals surface area contributed by atoms with E-state index in [9.17, 15) is 9.59 Å². The van der Waals surface area contributed by atoms with Crippen molar-refractivity contribution in [3.05, 3.63) is 40.4 Å². The van der Waals surface area contributed by atoms with Gasteiger partial charge in [-0.1, -0.05) is 12.1 Å². The van der Waals surface area contributed by atoms with Crippen LogP contribution in [0.15, 0.2) is 29.1 Å². The molecule has 2 rings (SSSR count). The van der Waals surface area contributed by atoms with Crippen LogP contribution in [0, 0.1) is 6.92 Å². The first-order chi connectivity index (χ1) is 8.09. The highest BCUT2D eigenvalue weighted by Gasteiger charge is 2.08. The number of aliphatic carboxylic acids is 1. The standard InChI is InChI=1S/C12H12N2O3/c1-8-13-10-5-3-2-4-9(10)12(17)14(8)7-6-11(15)16/h2-5H,6-7H2,1H3,(H,15,16). The van der Waals surface area contributed by atoms with E-state index in [2.05, 4.69) is 4.98 Å². The fraction of sp³-hybridized carbons (Fsp3) is 0.250. The molecule has 5 heteroatoms. The number of benzene rings is 1. The van der Waals surface area contributed by atoms with Crippen molar-refractivity contribution in [3.63, 3.8) is 0 Å². The summed E-state index contributed by atoms with van der Waals surface area (Å²) >= 11 is 0. The zero-order chi connectivity index (χ0) is 12.4. The van der Waals surface area contributed by atoms with Crippen LogP contribution in [0.5, 0.6) is 0 Å². The minimum atomic E-state index is -0.926. The zero-order valence-electron chi connectivity index (χ0n) is 9.38. The third kappa shape index (κ3) is 2.18. The summed E-state index contributed by atoms with van der Waals surface area (Å²) in [7, 11) is 0. The van der Waals surface area contributed by atoms with Gasteiger partial charge in [0.1, 0.15) is 5.82 Å². The van der Waals surface area contributed by atoms with E-state index in [-0.39, 0.29) is 18.5 Å². The maximum atomic E-state index is 12.1. The van der Waals surface area contributed by atoms with E-state index in [1.165, 1.54) is 4.57 Å². The van der Waals surface area contributed by atoms with Gasteiger partial charge in [-0.05, 0) is 19.1 Å². The number of nitrogens with zero attached hydrogens (tertiary/aromatic N) is 2. The number of carboxylic acids is 1. The average Bonchev–Trinajstić information content (AvgIpc) is 2.28. The molecule has 0 saturated carbocycles. The first-order valence-corrected chi connectivity index (χ1v) is 5.27. The van der Waals surface area contributed by atoms with Gasteiger partial charge in [0.05, 0.1) is 17.3 Å². The Morgan fingerprint density at radius 2 is 2.12 bits per heavy atom. The summed E-state index contributed by atoms with van der Waals surface area (Å²) in [5, 5.41) is 9.15. The van der Waals surface area contributed by atoms with Crippen LogP contribution in [0.3, 0.4) is 0 Å². The van der Waals surface area contributed by atoms with Crippen LogP contribution in [-0.4, -0.2) is 20.6 Å². The zero-order valence-corrected chi connectivity index (χ0v) is 9.38. The lowest BCUT2D eigenvalue weighted by molar-refractivity contribution is -0.137.